The van der Waals surface area contributed by atoms with E-state index in [2.05, 4.69) is 21.2 Å². The first-order valence-electron chi connectivity index (χ1n) is 5.01. The lowest BCUT2D eigenvalue weighted by Crippen LogP contribution is -2.14. The Morgan fingerprint density at radius 2 is 1.89 bits per heavy atom. The second-order valence-electron chi connectivity index (χ2n) is 3.22. The lowest BCUT2D eigenvalue weighted by atomic mass is 10.1. The minimum atomic E-state index is -0.652. The minimum Gasteiger partial charge on any atom is -0.450 e. The molecule has 7 heteroatoms. The van der Waals surface area contributed by atoms with Gasteiger partial charge >= 0.3 is 6.09 Å². The lowest BCUT2D eigenvalue weighted by molar-refractivity contribution is 0.102. The molecule has 0 saturated heterocycles. The zero-order valence-corrected chi connectivity index (χ0v) is 12.5. The number of halogens is 3. The van der Waals surface area contributed by atoms with Crippen LogP contribution in [0.3, 0.4) is 0 Å². The first-order valence-corrected chi connectivity index (χ1v) is 6.89. The van der Waals surface area contributed by atoms with Crippen LogP contribution in [0.4, 0.5) is 10.5 Å². The highest BCUT2D eigenvalue weighted by Gasteiger charge is 2.14. The molecule has 98 valence electrons. The van der Waals surface area contributed by atoms with Crippen molar-refractivity contribution in [2.24, 2.45) is 0 Å². The van der Waals surface area contributed by atoms with Crippen LogP contribution in [0.2, 0.25) is 10.0 Å². The van der Waals surface area contributed by atoms with Gasteiger partial charge in [0.25, 0.3) is 0 Å². The molecule has 0 fully saturated rings. The van der Waals surface area contributed by atoms with Crippen molar-refractivity contribution >= 4 is 56.7 Å². The third-order valence-electron chi connectivity index (χ3n) is 1.99. The van der Waals surface area contributed by atoms with E-state index in [9.17, 15) is 9.59 Å². The van der Waals surface area contributed by atoms with E-state index in [0.717, 1.165) is 0 Å². The fraction of sp³-hybridized carbons (Fsp3) is 0.273. The molecule has 0 unspecified atom stereocenters. The highest BCUT2D eigenvalue weighted by atomic mass is 79.9. The summed E-state index contributed by atoms with van der Waals surface area (Å²) < 4.78 is 4.71. The van der Waals surface area contributed by atoms with E-state index in [1.807, 2.05) is 0 Å². The van der Waals surface area contributed by atoms with Gasteiger partial charge in [-0.05, 0) is 19.1 Å². The summed E-state index contributed by atoms with van der Waals surface area (Å²) in [5.41, 5.74) is 0.596. The molecule has 1 aromatic rings. The predicted octanol–water partition coefficient (Wildman–Crippen LogP) is 4.14. The molecule has 0 saturated carbocycles. The number of nitrogens with one attached hydrogen (secondary N) is 1. The minimum absolute atomic E-state index is 0.151. The zero-order valence-electron chi connectivity index (χ0n) is 9.43. The Morgan fingerprint density at radius 3 is 2.33 bits per heavy atom. The molecule has 1 aromatic carbocycles. The molecule has 0 aliphatic rings. The van der Waals surface area contributed by atoms with Crippen molar-refractivity contribution in [3.05, 3.63) is 27.7 Å². The van der Waals surface area contributed by atoms with Gasteiger partial charge in [-0.1, -0.05) is 39.1 Å². The van der Waals surface area contributed by atoms with Gasteiger partial charge < -0.3 is 4.74 Å². The highest BCUT2D eigenvalue weighted by Crippen LogP contribution is 2.32. The number of carbonyl (C=O) groups excluding carboxylic acids is 2. The Labute approximate surface area is 123 Å². The van der Waals surface area contributed by atoms with Crippen LogP contribution >= 0.6 is 39.1 Å². The quantitative estimate of drug-likeness (QED) is 0.653. The van der Waals surface area contributed by atoms with Crippen molar-refractivity contribution < 1.29 is 14.3 Å². The number of hydrogen-bond donors (Lipinski definition) is 1. The summed E-state index contributed by atoms with van der Waals surface area (Å²) in [4.78, 5) is 22.7. The summed E-state index contributed by atoms with van der Waals surface area (Å²) in [6, 6.07) is 2.89. The SMILES string of the molecule is CCOC(=O)Nc1c(Cl)cc(C(=O)CBr)cc1Cl. The van der Waals surface area contributed by atoms with Crippen LogP contribution < -0.4 is 5.32 Å². The Bertz CT molecular complexity index is 456. The Morgan fingerprint density at radius 1 is 1.33 bits per heavy atom. The number of amides is 1. The average molecular weight is 355 g/mol. The summed E-state index contributed by atoms with van der Waals surface area (Å²) in [6.45, 7) is 1.92. The van der Waals surface area contributed by atoms with Gasteiger partial charge in [0.15, 0.2) is 5.78 Å². The van der Waals surface area contributed by atoms with Crippen LogP contribution in [0.15, 0.2) is 12.1 Å². The van der Waals surface area contributed by atoms with Gasteiger partial charge in [-0.3, -0.25) is 10.1 Å². The van der Waals surface area contributed by atoms with Crippen molar-refractivity contribution in [1.29, 1.82) is 0 Å². The van der Waals surface area contributed by atoms with Crippen LogP contribution in [0.25, 0.3) is 0 Å². The normalized spacial score (nSPS) is 10.0. The molecule has 0 heterocycles. The Kier molecular flexibility index (Phi) is 5.91. The van der Waals surface area contributed by atoms with E-state index in [1.54, 1.807) is 6.92 Å². The molecule has 0 aliphatic heterocycles. The highest BCUT2D eigenvalue weighted by molar-refractivity contribution is 9.09. The van der Waals surface area contributed by atoms with Gasteiger partial charge in [0.05, 0.1) is 27.7 Å². The van der Waals surface area contributed by atoms with E-state index in [1.165, 1.54) is 12.1 Å². The largest absolute Gasteiger partial charge is 0.450 e. The van der Waals surface area contributed by atoms with Crippen LogP contribution in [0.5, 0.6) is 0 Å². The maximum atomic E-state index is 11.5. The van der Waals surface area contributed by atoms with E-state index in [-0.39, 0.29) is 33.5 Å². The predicted molar refractivity (Wildman–Crippen MR) is 75.2 cm³/mol. The molecule has 1 amide bonds. The zero-order chi connectivity index (χ0) is 13.7. The lowest BCUT2D eigenvalue weighted by Gasteiger charge is -2.10. The molecule has 0 aromatic heterocycles. The molecule has 0 atom stereocenters. The molecule has 0 aliphatic carbocycles. The molecule has 1 rings (SSSR count). The van der Waals surface area contributed by atoms with Gasteiger partial charge in [0.1, 0.15) is 0 Å². The number of ketones is 1. The van der Waals surface area contributed by atoms with E-state index >= 15 is 0 Å². The molecular formula is C11H10BrCl2NO3. The van der Waals surface area contributed by atoms with Crippen molar-refractivity contribution in [2.75, 3.05) is 17.3 Å². The average Bonchev–Trinajstić information content (AvgIpc) is 2.32. The van der Waals surface area contributed by atoms with Gasteiger partial charge in [-0.15, -0.1) is 0 Å². The maximum Gasteiger partial charge on any atom is 0.411 e. The summed E-state index contributed by atoms with van der Waals surface area (Å²) in [6.07, 6.45) is -0.652. The van der Waals surface area contributed by atoms with Crippen LogP contribution in [-0.4, -0.2) is 23.8 Å². The van der Waals surface area contributed by atoms with Gasteiger partial charge in [-0.2, -0.15) is 0 Å². The molecule has 0 bridgehead atoms. The fourth-order valence-corrected chi connectivity index (χ4v) is 2.11. The van der Waals surface area contributed by atoms with Crippen molar-refractivity contribution in [3.8, 4) is 0 Å². The molecule has 18 heavy (non-hydrogen) atoms. The van der Waals surface area contributed by atoms with E-state index in [0.29, 0.717) is 5.56 Å². The first-order chi connectivity index (χ1) is 8.49. The number of alkyl halides is 1. The van der Waals surface area contributed by atoms with Crippen LogP contribution in [0.1, 0.15) is 17.3 Å². The van der Waals surface area contributed by atoms with Crippen molar-refractivity contribution in [2.45, 2.75) is 6.92 Å². The topological polar surface area (TPSA) is 55.4 Å². The summed E-state index contributed by atoms with van der Waals surface area (Å²) in [5.74, 6) is -0.151. The summed E-state index contributed by atoms with van der Waals surface area (Å²) >= 11 is 15.0. The number of ether oxygens (including phenoxy) is 1. The monoisotopic (exact) mass is 353 g/mol. The number of anilines is 1. The second-order valence-corrected chi connectivity index (χ2v) is 4.59. The molecular weight excluding hydrogens is 345 g/mol. The van der Waals surface area contributed by atoms with Gasteiger partial charge in [0.2, 0.25) is 0 Å². The Hall–Kier alpha value is -0.780. The number of Topliss-reactive ketones (excluding diaryl/α,β-unsaturated/α-hetero) is 1. The molecule has 1 N–H and O–H groups in total. The smallest absolute Gasteiger partial charge is 0.411 e. The number of rotatable bonds is 4. The fourth-order valence-electron chi connectivity index (χ4n) is 1.20. The van der Waals surface area contributed by atoms with Crippen molar-refractivity contribution in [1.82, 2.24) is 0 Å². The third kappa shape index (κ3) is 3.86. The summed E-state index contributed by atoms with van der Waals surface area (Å²) in [5, 5.41) is 2.95. The standard InChI is InChI=1S/C11H10BrCl2NO3/c1-2-18-11(17)15-10-7(13)3-6(4-8(10)14)9(16)5-12/h3-4H,2,5H2,1H3,(H,15,17). The number of carbonyl (C=O) groups is 2. The molecule has 0 radical (unpaired) electrons. The molecule has 0 spiro atoms. The third-order valence-corrected chi connectivity index (χ3v) is 3.09. The van der Waals surface area contributed by atoms with Crippen molar-refractivity contribution in [3.63, 3.8) is 0 Å². The number of benzene rings is 1. The number of hydrogen-bond acceptors (Lipinski definition) is 3. The second kappa shape index (κ2) is 6.97. The summed E-state index contributed by atoms with van der Waals surface area (Å²) in [7, 11) is 0. The first kappa shape index (κ1) is 15.3. The Balaban J connectivity index is 3.01. The van der Waals surface area contributed by atoms with E-state index < -0.39 is 6.09 Å². The molecule has 4 nitrogen and oxygen atoms in total. The van der Waals surface area contributed by atoms with E-state index in [4.69, 9.17) is 27.9 Å². The van der Waals surface area contributed by atoms with Crippen LogP contribution in [-0.2, 0) is 4.74 Å². The van der Waals surface area contributed by atoms with Gasteiger partial charge in [-0.25, -0.2) is 4.79 Å². The maximum absolute atomic E-state index is 11.5. The van der Waals surface area contributed by atoms with Crippen LogP contribution in [0, 0.1) is 0 Å². The van der Waals surface area contributed by atoms with Gasteiger partial charge in [0, 0.05) is 5.56 Å².